The van der Waals surface area contributed by atoms with Crippen LogP contribution in [0.4, 0.5) is 0 Å². The van der Waals surface area contributed by atoms with Crippen molar-refractivity contribution in [2.24, 2.45) is 11.8 Å². The molecule has 0 bridgehead atoms. The fourth-order valence-corrected chi connectivity index (χ4v) is 1.86. The Labute approximate surface area is 83.6 Å². The maximum Gasteiger partial charge on any atom is 0.173 e. The number of Topliss-reactive ketones (excluding diaryl/α,β-unsaturated/α-hetero) is 2. The van der Waals surface area contributed by atoms with Crippen molar-refractivity contribution >= 4 is 11.6 Å². The predicted octanol–water partition coefficient (Wildman–Crippen LogP) is 0.790. The fourth-order valence-electron chi connectivity index (χ4n) is 1.86. The van der Waals surface area contributed by atoms with E-state index in [1.807, 2.05) is 6.92 Å². The lowest BCUT2D eigenvalue weighted by molar-refractivity contribution is -0.168. The second-order valence-corrected chi connectivity index (χ2v) is 3.76. The molecule has 1 fully saturated rings. The summed E-state index contributed by atoms with van der Waals surface area (Å²) >= 11 is 0. The Morgan fingerprint density at radius 1 is 1.14 bits per heavy atom. The maximum absolute atomic E-state index is 11.6. The number of hydrogen-bond donors (Lipinski definition) is 0. The van der Waals surface area contributed by atoms with Gasteiger partial charge in [-0.25, -0.2) is 0 Å². The van der Waals surface area contributed by atoms with E-state index in [4.69, 9.17) is 9.47 Å². The Kier molecular flexibility index (Phi) is 3.77. The molecule has 0 atom stereocenters. The third kappa shape index (κ3) is 2.19. The van der Waals surface area contributed by atoms with E-state index in [9.17, 15) is 9.59 Å². The van der Waals surface area contributed by atoms with E-state index in [0.717, 1.165) is 0 Å². The molecule has 1 saturated carbocycles. The van der Waals surface area contributed by atoms with E-state index >= 15 is 0 Å². The highest BCUT2D eigenvalue weighted by Gasteiger charge is 2.39. The number of methoxy groups -OCH3 is 2. The zero-order valence-corrected chi connectivity index (χ0v) is 8.78. The Hall–Kier alpha value is -0.740. The van der Waals surface area contributed by atoms with Crippen LogP contribution in [0, 0.1) is 11.8 Å². The molecule has 14 heavy (non-hydrogen) atoms. The van der Waals surface area contributed by atoms with Gasteiger partial charge in [-0.15, -0.1) is 0 Å². The second kappa shape index (κ2) is 4.66. The summed E-state index contributed by atoms with van der Waals surface area (Å²) in [6.07, 6.45) is 0.168. The summed E-state index contributed by atoms with van der Waals surface area (Å²) in [6.45, 7) is 1.90. The molecule has 0 spiro atoms. The van der Waals surface area contributed by atoms with Crippen LogP contribution >= 0.6 is 0 Å². The molecule has 0 amide bonds. The molecular weight excluding hydrogens is 184 g/mol. The van der Waals surface area contributed by atoms with Gasteiger partial charge in [-0.2, -0.15) is 0 Å². The van der Waals surface area contributed by atoms with E-state index < -0.39 is 12.2 Å². The standard InChI is InChI=1S/C10H16O4/c1-6-4-7(11)9(8(12)5-6)10(13-2)14-3/h6,9-10H,4-5H2,1-3H3. The number of carbonyl (C=O) groups excluding carboxylic acids is 2. The van der Waals surface area contributed by atoms with Crippen LogP contribution in [0.2, 0.25) is 0 Å². The lowest BCUT2D eigenvalue weighted by Gasteiger charge is -2.28. The summed E-state index contributed by atoms with van der Waals surface area (Å²) < 4.78 is 9.90. The zero-order valence-electron chi connectivity index (χ0n) is 8.78. The van der Waals surface area contributed by atoms with Crippen LogP contribution in [-0.2, 0) is 19.1 Å². The molecular formula is C10H16O4. The molecule has 0 aromatic carbocycles. The SMILES string of the molecule is COC(OC)C1C(=O)CC(C)CC1=O. The molecule has 1 aliphatic carbocycles. The average Bonchev–Trinajstić information content (AvgIpc) is 2.10. The minimum absolute atomic E-state index is 0.0672. The normalized spacial score (nSPS) is 28.6. The van der Waals surface area contributed by atoms with Gasteiger partial charge in [-0.05, 0) is 5.92 Å². The molecule has 0 saturated heterocycles. The average molecular weight is 200 g/mol. The summed E-state index contributed by atoms with van der Waals surface area (Å²) in [5, 5.41) is 0. The van der Waals surface area contributed by atoms with Crippen LogP contribution < -0.4 is 0 Å². The third-order valence-corrected chi connectivity index (χ3v) is 2.53. The molecule has 80 valence electrons. The van der Waals surface area contributed by atoms with Gasteiger partial charge in [0.25, 0.3) is 0 Å². The van der Waals surface area contributed by atoms with Gasteiger partial charge in [-0.3, -0.25) is 9.59 Å². The van der Waals surface area contributed by atoms with Gasteiger partial charge in [0.2, 0.25) is 0 Å². The second-order valence-electron chi connectivity index (χ2n) is 3.76. The molecule has 0 heterocycles. The molecule has 1 aliphatic rings. The van der Waals surface area contributed by atoms with Crippen LogP contribution in [0.1, 0.15) is 19.8 Å². The highest BCUT2D eigenvalue weighted by atomic mass is 16.7. The first-order valence-corrected chi connectivity index (χ1v) is 4.71. The van der Waals surface area contributed by atoms with Crippen molar-refractivity contribution in [3.8, 4) is 0 Å². The summed E-state index contributed by atoms with van der Waals surface area (Å²) in [5.41, 5.74) is 0. The number of hydrogen-bond acceptors (Lipinski definition) is 4. The first-order chi connectivity index (χ1) is 6.60. The van der Waals surface area contributed by atoms with Crippen molar-refractivity contribution in [1.82, 2.24) is 0 Å². The zero-order chi connectivity index (χ0) is 10.7. The molecule has 0 aromatic heterocycles. The molecule has 4 heteroatoms. The highest BCUT2D eigenvalue weighted by molar-refractivity contribution is 6.05. The summed E-state index contributed by atoms with van der Waals surface area (Å²) in [5.74, 6) is -0.702. The fraction of sp³-hybridized carbons (Fsp3) is 0.800. The molecule has 0 aromatic rings. The van der Waals surface area contributed by atoms with E-state index in [1.54, 1.807) is 0 Å². The Morgan fingerprint density at radius 3 is 1.93 bits per heavy atom. The predicted molar refractivity (Wildman–Crippen MR) is 49.7 cm³/mol. The Balaban J connectivity index is 2.76. The van der Waals surface area contributed by atoms with Crippen molar-refractivity contribution in [3.63, 3.8) is 0 Å². The van der Waals surface area contributed by atoms with Gasteiger partial charge in [0, 0.05) is 27.1 Å². The van der Waals surface area contributed by atoms with Gasteiger partial charge in [0.15, 0.2) is 6.29 Å². The van der Waals surface area contributed by atoms with Gasteiger partial charge >= 0.3 is 0 Å². The summed E-state index contributed by atoms with van der Waals surface area (Å²) in [4.78, 5) is 23.2. The summed E-state index contributed by atoms with van der Waals surface area (Å²) in [7, 11) is 2.87. The number of ether oxygens (including phenoxy) is 2. The molecule has 4 nitrogen and oxygen atoms in total. The highest BCUT2D eigenvalue weighted by Crippen LogP contribution is 2.26. The van der Waals surface area contributed by atoms with Crippen molar-refractivity contribution in [1.29, 1.82) is 0 Å². The number of ketones is 2. The summed E-state index contributed by atoms with van der Waals surface area (Å²) in [6, 6.07) is 0. The van der Waals surface area contributed by atoms with Gasteiger partial charge in [0.05, 0.1) is 0 Å². The first-order valence-electron chi connectivity index (χ1n) is 4.71. The molecule has 1 rings (SSSR count). The van der Waals surface area contributed by atoms with Crippen LogP contribution in [0.25, 0.3) is 0 Å². The molecule has 0 aliphatic heterocycles. The lowest BCUT2D eigenvalue weighted by atomic mass is 9.80. The van der Waals surface area contributed by atoms with E-state index in [1.165, 1.54) is 14.2 Å². The van der Waals surface area contributed by atoms with E-state index in [-0.39, 0.29) is 17.5 Å². The Bertz CT molecular complexity index is 214. The minimum atomic E-state index is -0.721. The molecule has 0 N–H and O–H groups in total. The molecule has 0 unspecified atom stereocenters. The van der Waals surface area contributed by atoms with Crippen molar-refractivity contribution in [3.05, 3.63) is 0 Å². The van der Waals surface area contributed by atoms with Crippen molar-refractivity contribution in [2.75, 3.05) is 14.2 Å². The largest absolute Gasteiger partial charge is 0.355 e. The smallest absolute Gasteiger partial charge is 0.173 e. The van der Waals surface area contributed by atoms with Crippen LogP contribution in [0.5, 0.6) is 0 Å². The van der Waals surface area contributed by atoms with Gasteiger partial charge in [0.1, 0.15) is 17.5 Å². The van der Waals surface area contributed by atoms with Gasteiger partial charge < -0.3 is 9.47 Å². The number of rotatable bonds is 3. The quantitative estimate of drug-likeness (QED) is 0.499. The van der Waals surface area contributed by atoms with E-state index in [2.05, 4.69) is 0 Å². The lowest BCUT2D eigenvalue weighted by Crippen LogP contribution is -2.42. The monoisotopic (exact) mass is 200 g/mol. The van der Waals surface area contributed by atoms with E-state index in [0.29, 0.717) is 12.8 Å². The Morgan fingerprint density at radius 2 is 1.57 bits per heavy atom. The minimum Gasteiger partial charge on any atom is -0.355 e. The van der Waals surface area contributed by atoms with Crippen molar-refractivity contribution in [2.45, 2.75) is 26.1 Å². The van der Waals surface area contributed by atoms with Crippen LogP contribution in [-0.4, -0.2) is 32.1 Å². The van der Waals surface area contributed by atoms with Crippen LogP contribution in [0.3, 0.4) is 0 Å². The third-order valence-electron chi connectivity index (χ3n) is 2.53. The van der Waals surface area contributed by atoms with Crippen LogP contribution in [0.15, 0.2) is 0 Å². The number of carbonyl (C=O) groups is 2. The maximum atomic E-state index is 11.6. The molecule has 0 radical (unpaired) electrons. The first kappa shape index (κ1) is 11.3. The topological polar surface area (TPSA) is 52.6 Å². The van der Waals surface area contributed by atoms with Crippen molar-refractivity contribution < 1.29 is 19.1 Å². The van der Waals surface area contributed by atoms with Gasteiger partial charge in [-0.1, -0.05) is 6.92 Å².